The third-order valence-corrected chi connectivity index (χ3v) is 5.67. The van der Waals surface area contributed by atoms with Crippen molar-refractivity contribution in [3.05, 3.63) is 40.6 Å². The summed E-state index contributed by atoms with van der Waals surface area (Å²) >= 11 is 1.68. The van der Waals surface area contributed by atoms with E-state index in [2.05, 4.69) is 44.3 Å². The summed E-state index contributed by atoms with van der Waals surface area (Å²) in [5, 5.41) is 10.1. The summed E-state index contributed by atoms with van der Waals surface area (Å²) in [6, 6.07) is 7.36. The van der Waals surface area contributed by atoms with Gasteiger partial charge in [0.1, 0.15) is 11.5 Å². The lowest BCUT2D eigenvalue weighted by Crippen LogP contribution is -2.48. The van der Waals surface area contributed by atoms with E-state index < -0.39 is 0 Å². The molecular weight excluding hydrogens is 376 g/mol. The van der Waals surface area contributed by atoms with Crippen LogP contribution in [0.15, 0.2) is 35.0 Å². The minimum atomic E-state index is -0.246. The van der Waals surface area contributed by atoms with Crippen LogP contribution in [0.25, 0.3) is 0 Å². The maximum Gasteiger partial charge on any atom is 0.319 e. The van der Waals surface area contributed by atoms with Crippen LogP contribution in [0.3, 0.4) is 0 Å². The molecule has 0 spiro atoms. The number of piperazine rings is 1. The number of benzene rings is 1. The van der Waals surface area contributed by atoms with Gasteiger partial charge in [0.15, 0.2) is 0 Å². The monoisotopic (exact) mass is 404 g/mol. The van der Waals surface area contributed by atoms with Crippen LogP contribution in [0.4, 0.5) is 10.5 Å². The molecule has 8 heteroatoms. The van der Waals surface area contributed by atoms with Crippen LogP contribution < -0.4 is 20.1 Å². The third kappa shape index (κ3) is 5.37. The second kappa shape index (κ2) is 9.77. The number of hydrogen-bond donors (Lipinski definition) is 2. The van der Waals surface area contributed by atoms with Gasteiger partial charge in [0, 0.05) is 56.6 Å². The van der Waals surface area contributed by atoms with Crippen molar-refractivity contribution >= 4 is 23.1 Å². The van der Waals surface area contributed by atoms with E-state index in [4.69, 9.17) is 9.47 Å². The first-order chi connectivity index (χ1) is 13.6. The smallest absolute Gasteiger partial charge is 0.319 e. The average Bonchev–Trinajstić information content (AvgIpc) is 3.23. The molecule has 1 aliphatic rings. The Morgan fingerprint density at radius 1 is 1.14 bits per heavy atom. The van der Waals surface area contributed by atoms with Crippen LogP contribution in [0.1, 0.15) is 11.6 Å². The summed E-state index contributed by atoms with van der Waals surface area (Å²) in [6.45, 7) is 4.61. The SMILES string of the molecule is COc1cc(NC(=O)NC[C@H](c2ccsc2)N2CCN(C)CC2)cc(OC)c1. The maximum atomic E-state index is 12.5. The van der Waals surface area contributed by atoms with E-state index in [9.17, 15) is 4.79 Å². The predicted octanol–water partition coefficient (Wildman–Crippen LogP) is 2.88. The van der Waals surface area contributed by atoms with E-state index in [1.54, 1.807) is 43.8 Å². The number of likely N-dealkylation sites (N-methyl/N-ethyl adjacent to an activating group) is 1. The molecular formula is C20H28N4O3S. The molecule has 1 aromatic carbocycles. The summed E-state index contributed by atoms with van der Waals surface area (Å²) < 4.78 is 10.5. The fourth-order valence-electron chi connectivity index (χ4n) is 3.30. The van der Waals surface area contributed by atoms with Gasteiger partial charge in [-0.05, 0) is 29.4 Å². The fraction of sp³-hybridized carbons (Fsp3) is 0.450. The van der Waals surface area contributed by atoms with Crippen LogP contribution in [0.5, 0.6) is 11.5 Å². The van der Waals surface area contributed by atoms with Crippen molar-refractivity contribution in [3.63, 3.8) is 0 Å². The predicted molar refractivity (Wildman–Crippen MR) is 113 cm³/mol. The third-order valence-electron chi connectivity index (χ3n) is 4.97. The highest BCUT2D eigenvalue weighted by atomic mass is 32.1. The Bertz CT molecular complexity index is 739. The Kier molecular flexibility index (Phi) is 7.13. The van der Waals surface area contributed by atoms with Crippen LogP contribution >= 0.6 is 11.3 Å². The standard InChI is InChI=1S/C20H28N4O3S/c1-23-5-7-24(8-6-23)19(15-4-9-28-14-15)13-21-20(25)22-16-10-17(26-2)12-18(11-16)27-3/h4,9-12,14,19H,5-8,13H2,1-3H3,(H2,21,22,25)/t19-/m1/s1. The lowest BCUT2D eigenvalue weighted by molar-refractivity contribution is 0.111. The first kappa shape index (κ1) is 20.4. The summed E-state index contributed by atoms with van der Waals surface area (Å²) in [5.74, 6) is 1.26. The van der Waals surface area contributed by atoms with Gasteiger partial charge in [0.25, 0.3) is 0 Å². The fourth-order valence-corrected chi connectivity index (χ4v) is 4.01. The highest BCUT2D eigenvalue weighted by Crippen LogP contribution is 2.26. The normalized spacial score (nSPS) is 16.4. The van der Waals surface area contributed by atoms with E-state index in [0.29, 0.717) is 23.7 Å². The number of carbonyl (C=O) groups is 1. The molecule has 1 fully saturated rings. The van der Waals surface area contributed by atoms with Crippen molar-refractivity contribution in [2.24, 2.45) is 0 Å². The van der Waals surface area contributed by atoms with Gasteiger partial charge in [-0.3, -0.25) is 4.90 Å². The molecule has 0 unspecified atom stereocenters. The van der Waals surface area contributed by atoms with Gasteiger partial charge in [-0.15, -0.1) is 0 Å². The molecule has 28 heavy (non-hydrogen) atoms. The number of anilines is 1. The first-order valence-corrected chi connectivity index (χ1v) is 10.3. The maximum absolute atomic E-state index is 12.5. The molecule has 1 saturated heterocycles. The van der Waals surface area contributed by atoms with Crippen molar-refractivity contribution in [2.75, 3.05) is 59.3 Å². The van der Waals surface area contributed by atoms with Crippen molar-refractivity contribution in [1.29, 1.82) is 0 Å². The van der Waals surface area contributed by atoms with Crippen LogP contribution in [-0.2, 0) is 0 Å². The van der Waals surface area contributed by atoms with Gasteiger partial charge in [0.05, 0.1) is 20.3 Å². The van der Waals surface area contributed by atoms with Gasteiger partial charge in [-0.25, -0.2) is 4.79 Å². The van der Waals surface area contributed by atoms with E-state index in [1.807, 2.05) is 0 Å². The quantitative estimate of drug-likeness (QED) is 0.743. The van der Waals surface area contributed by atoms with Gasteiger partial charge in [0.2, 0.25) is 0 Å². The molecule has 0 saturated carbocycles. The van der Waals surface area contributed by atoms with Gasteiger partial charge < -0.3 is 25.0 Å². The second-order valence-corrected chi connectivity index (χ2v) is 7.63. The number of carbonyl (C=O) groups excluding carboxylic acids is 1. The molecule has 7 nitrogen and oxygen atoms in total. The number of urea groups is 1. The number of hydrogen-bond acceptors (Lipinski definition) is 6. The number of nitrogens with zero attached hydrogens (tertiary/aromatic N) is 2. The Balaban J connectivity index is 1.62. The van der Waals surface area contributed by atoms with E-state index in [1.165, 1.54) is 5.56 Å². The number of rotatable bonds is 7. The topological polar surface area (TPSA) is 66.1 Å². The van der Waals surface area contributed by atoms with Gasteiger partial charge in [-0.1, -0.05) is 0 Å². The van der Waals surface area contributed by atoms with E-state index in [0.717, 1.165) is 26.2 Å². The zero-order chi connectivity index (χ0) is 19.9. The lowest BCUT2D eigenvalue weighted by Gasteiger charge is -2.37. The van der Waals surface area contributed by atoms with Crippen molar-refractivity contribution in [2.45, 2.75) is 6.04 Å². The Hall–Kier alpha value is -2.29. The highest BCUT2D eigenvalue weighted by molar-refractivity contribution is 7.07. The molecule has 1 aromatic heterocycles. The Labute approximate surface area is 170 Å². The number of ether oxygens (including phenoxy) is 2. The zero-order valence-electron chi connectivity index (χ0n) is 16.6. The summed E-state index contributed by atoms with van der Waals surface area (Å²) in [6.07, 6.45) is 0. The molecule has 0 radical (unpaired) electrons. The molecule has 2 amide bonds. The van der Waals surface area contributed by atoms with Crippen LogP contribution in [0.2, 0.25) is 0 Å². The Morgan fingerprint density at radius 3 is 2.39 bits per heavy atom. The second-order valence-electron chi connectivity index (χ2n) is 6.85. The highest BCUT2D eigenvalue weighted by Gasteiger charge is 2.24. The number of thiophene rings is 1. The zero-order valence-corrected chi connectivity index (χ0v) is 17.4. The molecule has 3 rings (SSSR count). The van der Waals surface area contributed by atoms with E-state index in [-0.39, 0.29) is 12.1 Å². The molecule has 152 valence electrons. The summed E-state index contributed by atoms with van der Waals surface area (Å²) in [5.41, 5.74) is 1.87. The molecule has 0 bridgehead atoms. The van der Waals surface area contributed by atoms with Gasteiger partial charge in [-0.2, -0.15) is 11.3 Å². The minimum absolute atomic E-state index is 0.172. The molecule has 2 N–H and O–H groups in total. The molecule has 0 aliphatic carbocycles. The molecule has 2 aromatic rings. The number of nitrogens with one attached hydrogen (secondary N) is 2. The molecule has 2 heterocycles. The molecule has 1 atom stereocenters. The van der Waals surface area contributed by atoms with Crippen LogP contribution in [0, 0.1) is 0 Å². The average molecular weight is 405 g/mol. The number of amides is 2. The van der Waals surface area contributed by atoms with Crippen LogP contribution in [-0.4, -0.2) is 69.8 Å². The van der Waals surface area contributed by atoms with Crippen molar-refractivity contribution in [3.8, 4) is 11.5 Å². The molecule has 1 aliphatic heterocycles. The lowest BCUT2D eigenvalue weighted by atomic mass is 10.1. The number of methoxy groups -OCH3 is 2. The van der Waals surface area contributed by atoms with Crippen molar-refractivity contribution in [1.82, 2.24) is 15.1 Å². The van der Waals surface area contributed by atoms with Crippen molar-refractivity contribution < 1.29 is 14.3 Å². The summed E-state index contributed by atoms with van der Waals surface area (Å²) in [7, 11) is 5.31. The first-order valence-electron chi connectivity index (χ1n) is 9.31. The minimum Gasteiger partial charge on any atom is -0.497 e. The van der Waals surface area contributed by atoms with Gasteiger partial charge >= 0.3 is 6.03 Å². The summed E-state index contributed by atoms with van der Waals surface area (Å²) in [4.78, 5) is 17.3. The largest absolute Gasteiger partial charge is 0.497 e. The van der Waals surface area contributed by atoms with E-state index >= 15 is 0 Å². The Morgan fingerprint density at radius 2 is 1.82 bits per heavy atom.